The van der Waals surface area contributed by atoms with E-state index in [0.29, 0.717) is 0 Å². The summed E-state index contributed by atoms with van der Waals surface area (Å²) < 4.78 is 0. The maximum atomic E-state index is 11.7. The number of carbonyl (C=O) groups excluding carboxylic acids is 1. The van der Waals surface area contributed by atoms with Crippen LogP contribution in [0.3, 0.4) is 0 Å². The van der Waals surface area contributed by atoms with Crippen molar-refractivity contribution in [3.63, 3.8) is 0 Å². The zero-order valence-corrected chi connectivity index (χ0v) is 10.3. The number of hydrogen-bond acceptors (Lipinski definition) is 3. The van der Waals surface area contributed by atoms with E-state index in [0.717, 1.165) is 6.42 Å². The Morgan fingerprint density at radius 3 is 2.88 bits per heavy atom. The Morgan fingerprint density at radius 2 is 2.25 bits per heavy atom. The van der Waals surface area contributed by atoms with Gasteiger partial charge in [0.2, 0.25) is 5.91 Å². The first-order valence-electron chi connectivity index (χ1n) is 5.34. The third-order valence-electron chi connectivity index (χ3n) is 3.11. The minimum atomic E-state index is -0.510. The first-order valence-corrected chi connectivity index (χ1v) is 6.16. The summed E-state index contributed by atoms with van der Waals surface area (Å²) in [6.45, 7) is 1.89. The van der Waals surface area contributed by atoms with Gasteiger partial charge in [-0.25, -0.2) is 0 Å². The van der Waals surface area contributed by atoms with Gasteiger partial charge in [-0.15, -0.1) is 11.8 Å². The predicted molar refractivity (Wildman–Crippen MR) is 66.2 cm³/mol. The van der Waals surface area contributed by atoms with Crippen LogP contribution >= 0.6 is 11.8 Å². The molecule has 1 aromatic rings. The van der Waals surface area contributed by atoms with E-state index in [1.165, 1.54) is 10.5 Å². The highest BCUT2D eigenvalue weighted by molar-refractivity contribution is 8.01. The largest absolute Gasteiger partial charge is 0.359 e. The van der Waals surface area contributed by atoms with E-state index >= 15 is 0 Å². The molecule has 4 heteroatoms. The molecule has 1 aliphatic rings. The number of benzene rings is 1. The minimum Gasteiger partial charge on any atom is -0.359 e. The molecule has 16 heavy (non-hydrogen) atoms. The topological polar surface area (TPSA) is 55.1 Å². The fraction of sp³-hybridized carbons (Fsp3) is 0.417. The molecule has 0 spiro atoms. The Kier molecular flexibility index (Phi) is 2.95. The van der Waals surface area contributed by atoms with Crippen LogP contribution in [0.15, 0.2) is 29.2 Å². The van der Waals surface area contributed by atoms with Gasteiger partial charge in [0.1, 0.15) is 0 Å². The van der Waals surface area contributed by atoms with E-state index in [9.17, 15) is 4.79 Å². The summed E-state index contributed by atoms with van der Waals surface area (Å²) in [4.78, 5) is 12.3. The van der Waals surface area contributed by atoms with Gasteiger partial charge in [0.15, 0.2) is 0 Å². The molecule has 1 aliphatic heterocycles. The van der Waals surface area contributed by atoms with Crippen LogP contribution in [0.5, 0.6) is 0 Å². The van der Waals surface area contributed by atoms with Gasteiger partial charge in [0.05, 0.1) is 10.8 Å². The monoisotopic (exact) mass is 236 g/mol. The highest BCUT2D eigenvalue weighted by Gasteiger charge is 2.42. The minimum absolute atomic E-state index is 0.00260. The van der Waals surface area contributed by atoms with Crippen molar-refractivity contribution < 1.29 is 4.79 Å². The van der Waals surface area contributed by atoms with Gasteiger partial charge in [-0.3, -0.25) is 4.79 Å². The van der Waals surface area contributed by atoms with Crippen LogP contribution in [0.1, 0.15) is 12.5 Å². The molecule has 0 aromatic heterocycles. The maximum absolute atomic E-state index is 11.7. The standard InChI is InChI=1S/C12H16N2OS/c1-8(11(15)14-2)12(13)7-9-5-3-4-6-10(9)16-12/h3-6,8H,7,13H2,1-2H3,(H,14,15)/t8-,12?/m1/s1. The van der Waals surface area contributed by atoms with Crippen LogP contribution < -0.4 is 11.1 Å². The van der Waals surface area contributed by atoms with Crippen LogP contribution in [-0.4, -0.2) is 17.8 Å². The highest BCUT2D eigenvalue weighted by Crippen LogP contribution is 2.45. The second-order valence-corrected chi connectivity index (χ2v) is 5.58. The molecule has 2 rings (SSSR count). The lowest BCUT2D eigenvalue weighted by Gasteiger charge is -2.28. The van der Waals surface area contributed by atoms with Crippen LogP contribution in [-0.2, 0) is 11.2 Å². The van der Waals surface area contributed by atoms with Crippen LogP contribution in [0.2, 0.25) is 0 Å². The maximum Gasteiger partial charge on any atom is 0.225 e. The fourth-order valence-corrected chi connectivity index (χ4v) is 3.31. The van der Waals surface area contributed by atoms with E-state index in [1.807, 2.05) is 19.1 Å². The van der Waals surface area contributed by atoms with Crippen molar-refractivity contribution in [2.45, 2.75) is 23.1 Å². The lowest BCUT2D eigenvalue weighted by atomic mass is 9.95. The lowest BCUT2D eigenvalue weighted by molar-refractivity contribution is -0.124. The molecule has 1 heterocycles. The van der Waals surface area contributed by atoms with Gasteiger partial charge in [0.25, 0.3) is 0 Å². The number of thioether (sulfide) groups is 1. The quantitative estimate of drug-likeness (QED) is 0.815. The second-order valence-electron chi connectivity index (χ2n) is 4.18. The van der Waals surface area contributed by atoms with Crippen molar-refractivity contribution in [2.75, 3.05) is 7.05 Å². The van der Waals surface area contributed by atoms with Crippen molar-refractivity contribution in [3.05, 3.63) is 29.8 Å². The number of hydrogen-bond donors (Lipinski definition) is 2. The van der Waals surface area contributed by atoms with Gasteiger partial charge >= 0.3 is 0 Å². The number of nitrogens with one attached hydrogen (secondary N) is 1. The molecule has 0 radical (unpaired) electrons. The summed E-state index contributed by atoms with van der Waals surface area (Å²) in [5.41, 5.74) is 7.57. The SMILES string of the molecule is CNC(=O)[C@@H](C)C1(N)Cc2ccccc2S1. The second kappa shape index (κ2) is 4.11. The van der Waals surface area contributed by atoms with Gasteiger partial charge in [-0.2, -0.15) is 0 Å². The van der Waals surface area contributed by atoms with Gasteiger partial charge < -0.3 is 11.1 Å². The number of rotatable bonds is 2. The summed E-state index contributed by atoms with van der Waals surface area (Å²) in [6.07, 6.45) is 0.752. The molecule has 86 valence electrons. The van der Waals surface area contributed by atoms with Gasteiger partial charge in [-0.1, -0.05) is 25.1 Å². The third kappa shape index (κ3) is 1.83. The Bertz CT molecular complexity index is 394. The summed E-state index contributed by atoms with van der Waals surface area (Å²) in [6, 6.07) is 8.15. The molecule has 0 saturated heterocycles. The molecule has 0 saturated carbocycles. The summed E-state index contributed by atoms with van der Waals surface area (Å²) >= 11 is 1.61. The van der Waals surface area contributed by atoms with Crippen molar-refractivity contribution in [2.24, 2.45) is 11.7 Å². The normalized spacial score (nSPS) is 24.9. The zero-order chi connectivity index (χ0) is 11.8. The molecule has 0 fully saturated rings. The molecule has 2 atom stereocenters. The number of fused-ring (bicyclic) bond motifs is 1. The predicted octanol–water partition coefficient (Wildman–Crippen LogP) is 1.37. The van der Waals surface area contributed by atoms with E-state index in [-0.39, 0.29) is 11.8 Å². The van der Waals surface area contributed by atoms with Crippen LogP contribution in [0, 0.1) is 5.92 Å². The van der Waals surface area contributed by atoms with E-state index < -0.39 is 4.87 Å². The van der Waals surface area contributed by atoms with Crippen molar-refractivity contribution in [1.82, 2.24) is 5.32 Å². The van der Waals surface area contributed by atoms with E-state index in [1.54, 1.807) is 18.8 Å². The molecule has 1 unspecified atom stereocenters. The number of nitrogens with two attached hydrogens (primary N) is 1. The molecule has 0 bridgehead atoms. The first kappa shape index (κ1) is 11.5. The van der Waals surface area contributed by atoms with Crippen molar-refractivity contribution in [1.29, 1.82) is 0 Å². The number of amides is 1. The molecule has 1 amide bonds. The first-order chi connectivity index (χ1) is 7.57. The van der Waals surface area contributed by atoms with Crippen molar-refractivity contribution >= 4 is 17.7 Å². The molecule has 0 aliphatic carbocycles. The zero-order valence-electron chi connectivity index (χ0n) is 9.49. The Hall–Kier alpha value is -1.00. The van der Waals surface area contributed by atoms with Gasteiger partial charge in [0, 0.05) is 18.4 Å². The van der Waals surface area contributed by atoms with Crippen molar-refractivity contribution in [3.8, 4) is 0 Å². The summed E-state index contributed by atoms with van der Waals surface area (Å²) in [7, 11) is 1.65. The van der Waals surface area contributed by atoms with Crippen LogP contribution in [0.4, 0.5) is 0 Å². The summed E-state index contributed by atoms with van der Waals surface area (Å²) in [5, 5.41) is 2.66. The summed E-state index contributed by atoms with van der Waals surface area (Å²) in [5.74, 6) is -0.197. The lowest BCUT2D eigenvalue weighted by Crippen LogP contribution is -2.48. The Morgan fingerprint density at radius 1 is 1.56 bits per heavy atom. The average Bonchev–Trinajstić information content (AvgIpc) is 2.64. The highest BCUT2D eigenvalue weighted by atomic mass is 32.2. The Balaban J connectivity index is 2.23. The fourth-order valence-electron chi connectivity index (χ4n) is 1.97. The smallest absolute Gasteiger partial charge is 0.225 e. The van der Waals surface area contributed by atoms with E-state index in [4.69, 9.17) is 5.73 Å². The molecular weight excluding hydrogens is 220 g/mol. The average molecular weight is 236 g/mol. The Labute approximate surface area is 99.8 Å². The van der Waals surface area contributed by atoms with Gasteiger partial charge in [-0.05, 0) is 11.6 Å². The van der Waals surface area contributed by atoms with Crippen LogP contribution in [0.25, 0.3) is 0 Å². The third-order valence-corrected chi connectivity index (χ3v) is 4.61. The number of carbonyl (C=O) groups is 1. The van der Waals surface area contributed by atoms with E-state index in [2.05, 4.69) is 17.4 Å². The molecule has 3 N–H and O–H groups in total. The molecule has 3 nitrogen and oxygen atoms in total. The molecular formula is C12H16N2OS. The molecule has 1 aromatic carbocycles.